The molecule has 0 radical (unpaired) electrons. The van der Waals surface area contributed by atoms with Gasteiger partial charge < -0.3 is 5.32 Å². The molecule has 0 aliphatic heterocycles. The normalized spacial score (nSPS) is 16.8. The molecule has 96 valence electrons. The average molecular weight is 253 g/mol. The SMILES string of the molecule is CCS(=O)C(C(C)C)C(NC)c1ccccc1. The summed E-state index contributed by atoms with van der Waals surface area (Å²) in [7, 11) is 1.16. The molecule has 1 aromatic carbocycles. The Kier molecular flexibility index (Phi) is 5.86. The third-order valence-electron chi connectivity index (χ3n) is 3.04. The van der Waals surface area contributed by atoms with Crippen LogP contribution in [0.5, 0.6) is 0 Å². The van der Waals surface area contributed by atoms with Crippen molar-refractivity contribution in [2.24, 2.45) is 5.92 Å². The maximum atomic E-state index is 12.2. The topological polar surface area (TPSA) is 29.1 Å². The summed E-state index contributed by atoms with van der Waals surface area (Å²) >= 11 is 0. The van der Waals surface area contributed by atoms with E-state index in [2.05, 4.69) is 31.3 Å². The zero-order valence-corrected chi connectivity index (χ0v) is 12.0. The first-order valence-electron chi connectivity index (χ1n) is 6.21. The van der Waals surface area contributed by atoms with Crippen LogP contribution in [0.25, 0.3) is 0 Å². The van der Waals surface area contributed by atoms with Crippen molar-refractivity contribution in [2.75, 3.05) is 12.8 Å². The van der Waals surface area contributed by atoms with Gasteiger partial charge in [0.15, 0.2) is 0 Å². The lowest BCUT2D eigenvalue weighted by Crippen LogP contribution is -2.37. The van der Waals surface area contributed by atoms with Gasteiger partial charge in [0.05, 0.1) is 5.25 Å². The molecule has 2 nitrogen and oxygen atoms in total. The summed E-state index contributed by atoms with van der Waals surface area (Å²) in [6, 6.07) is 10.4. The van der Waals surface area contributed by atoms with E-state index in [4.69, 9.17) is 0 Å². The van der Waals surface area contributed by atoms with E-state index in [0.29, 0.717) is 11.7 Å². The molecule has 1 rings (SSSR count). The molecule has 0 saturated heterocycles. The summed E-state index contributed by atoms with van der Waals surface area (Å²) < 4.78 is 12.2. The van der Waals surface area contributed by atoms with E-state index < -0.39 is 10.8 Å². The highest BCUT2D eigenvalue weighted by molar-refractivity contribution is 7.85. The highest BCUT2D eigenvalue weighted by Crippen LogP contribution is 2.26. The van der Waals surface area contributed by atoms with Crippen LogP contribution in [0.4, 0.5) is 0 Å². The molecule has 0 amide bonds. The summed E-state index contributed by atoms with van der Waals surface area (Å²) in [6.07, 6.45) is 0. The second-order valence-electron chi connectivity index (χ2n) is 4.56. The maximum absolute atomic E-state index is 12.2. The van der Waals surface area contributed by atoms with Gasteiger partial charge in [-0.2, -0.15) is 0 Å². The Hall–Kier alpha value is -0.670. The van der Waals surface area contributed by atoms with Gasteiger partial charge >= 0.3 is 0 Å². The molecule has 1 aromatic rings. The van der Waals surface area contributed by atoms with Gasteiger partial charge in [0.25, 0.3) is 0 Å². The summed E-state index contributed by atoms with van der Waals surface area (Å²) in [5.74, 6) is 1.11. The van der Waals surface area contributed by atoms with E-state index in [9.17, 15) is 4.21 Å². The summed E-state index contributed by atoms with van der Waals surface area (Å²) in [4.78, 5) is 0. The van der Waals surface area contributed by atoms with Crippen LogP contribution in [0, 0.1) is 5.92 Å². The third-order valence-corrected chi connectivity index (χ3v) is 5.04. The van der Waals surface area contributed by atoms with Gasteiger partial charge in [-0.3, -0.25) is 4.21 Å². The van der Waals surface area contributed by atoms with E-state index in [0.717, 1.165) is 0 Å². The first-order valence-corrected chi connectivity index (χ1v) is 7.59. The Morgan fingerprint density at radius 3 is 2.24 bits per heavy atom. The number of hydrogen-bond acceptors (Lipinski definition) is 2. The second kappa shape index (κ2) is 6.92. The highest BCUT2D eigenvalue weighted by atomic mass is 32.2. The Labute approximate surface area is 107 Å². The Morgan fingerprint density at radius 1 is 1.24 bits per heavy atom. The Morgan fingerprint density at radius 2 is 1.82 bits per heavy atom. The zero-order chi connectivity index (χ0) is 12.8. The molecule has 0 bridgehead atoms. The van der Waals surface area contributed by atoms with Crippen molar-refractivity contribution in [3.8, 4) is 0 Å². The Balaban J connectivity index is 3.02. The molecule has 1 N–H and O–H groups in total. The molecule has 0 aromatic heterocycles. The molecule has 0 spiro atoms. The van der Waals surface area contributed by atoms with Gasteiger partial charge in [-0.15, -0.1) is 0 Å². The molecule has 0 aliphatic rings. The van der Waals surface area contributed by atoms with Crippen molar-refractivity contribution in [3.63, 3.8) is 0 Å². The average Bonchev–Trinajstić information content (AvgIpc) is 2.35. The summed E-state index contributed by atoms with van der Waals surface area (Å²) in [5.41, 5.74) is 1.22. The van der Waals surface area contributed by atoms with E-state index in [1.54, 1.807) is 0 Å². The fourth-order valence-electron chi connectivity index (χ4n) is 2.21. The first kappa shape index (κ1) is 14.4. The van der Waals surface area contributed by atoms with Gasteiger partial charge in [-0.25, -0.2) is 0 Å². The number of rotatable bonds is 6. The lowest BCUT2D eigenvalue weighted by Gasteiger charge is -2.29. The minimum Gasteiger partial charge on any atom is -0.312 e. The van der Waals surface area contributed by atoms with Crippen molar-refractivity contribution in [1.82, 2.24) is 5.32 Å². The largest absolute Gasteiger partial charge is 0.312 e. The molecule has 3 atom stereocenters. The molecule has 0 saturated carbocycles. The summed E-state index contributed by atoms with van der Waals surface area (Å²) in [6.45, 7) is 6.28. The highest BCUT2D eigenvalue weighted by Gasteiger charge is 2.29. The standard InChI is InChI=1S/C14H23NOS/c1-5-17(16)14(11(2)3)13(15-4)12-9-7-6-8-10-12/h6-11,13-15H,5H2,1-4H3. The van der Waals surface area contributed by atoms with Crippen molar-refractivity contribution in [2.45, 2.75) is 32.1 Å². The van der Waals surface area contributed by atoms with E-state index >= 15 is 0 Å². The predicted molar refractivity (Wildman–Crippen MR) is 75.6 cm³/mol. The predicted octanol–water partition coefficient (Wildman–Crippen LogP) is 2.74. The quantitative estimate of drug-likeness (QED) is 0.844. The lowest BCUT2D eigenvalue weighted by atomic mass is 9.96. The van der Waals surface area contributed by atoms with Crippen molar-refractivity contribution in [1.29, 1.82) is 0 Å². The molecule has 3 unspecified atom stereocenters. The zero-order valence-electron chi connectivity index (χ0n) is 11.1. The van der Waals surface area contributed by atoms with E-state index in [1.165, 1.54) is 5.56 Å². The second-order valence-corrected chi connectivity index (χ2v) is 6.44. The molecular weight excluding hydrogens is 230 g/mol. The van der Waals surface area contributed by atoms with E-state index in [-0.39, 0.29) is 11.3 Å². The van der Waals surface area contributed by atoms with Crippen LogP contribution in [0.1, 0.15) is 32.4 Å². The van der Waals surface area contributed by atoms with Gasteiger partial charge in [-0.1, -0.05) is 51.1 Å². The van der Waals surface area contributed by atoms with Crippen molar-refractivity contribution < 1.29 is 4.21 Å². The number of hydrogen-bond donors (Lipinski definition) is 1. The van der Waals surface area contributed by atoms with Crippen molar-refractivity contribution >= 4 is 10.8 Å². The smallest absolute Gasteiger partial charge is 0.0565 e. The monoisotopic (exact) mass is 253 g/mol. The van der Waals surface area contributed by atoms with Crippen LogP contribution < -0.4 is 5.32 Å². The van der Waals surface area contributed by atoms with Gasteiger partial charge in [0, 0.05) is 22.6 Å². The van der Waals surface area contributed by atoms with Crippen LogP contribution >= 0.6 is 0 Å². The molecule has 17 heavy (non-hydrogen) atoms. The summed E-state index contributed by atoms with van der Waals surface area (Å²) in [5, 5.41) is 3.48. The van der Waals surface area contributed by atoms with Gasteiger partial charge in [-0.05, 0) is 18.5 Å². The molecule has 0 aliphatic carbocycles. The third kappa shape index (κ3) is 3.65. The minimum atomic E-state index is -0.788. The van der Waals surface area contributed by atoms with Crippen LogP contribution in [-0.4, -0.2) is 22.3 Å². The van der Waals surface area contributed by atoms with Crippen LogP contribution in [0.15, 0.2) is 30.3 Å². The van der Waals surface area contributed by atoms with E-state index in [1.807, 2.05) is 32.2 Å². The maximum Gasteiger partial charge on any atom is 0.0565 e. The molecule has 3 heteroatoms. The molecular formula is C14H23NOS. The number of nitrogens with one attached hydrogen (secondary N) is 1. The van der Waals surface area contributed by atoms with Gasteiger partial charge in [0.2, 0.25) is 0 Å². The Bertz CT molecular complexity index is 350. The first-order chi connectivity index (χ1) is 8.11. The van der Waals surface area contributed by atoms with Gasteiger partial charge in [0.1, 0.15) is 0 Å². The fourth-order valence-corrected chi connectivity index (χ4v) is 3.80. The number of benzene rings is 1. The molecule has 0 fully saturated rings. The lowest BCUT2D eigenvalue weighted by molar-refractivity contribution is 0.461. The van der Waals surface area contributed by atoms with Crippen LogP contribution in [-0.2, 0) is 10.8 Å². The van der Waals surface area contributed by atoms with Crippen molar-refractivity contribution in [3.05, 3.63) is 35.9 Å². The van der Waals surface area contributed by atoms with Crippen LogP contribution in [0.2, 0.25) is 0 Å². The fraction of sp³-hybridized carbons (Fsp3) is 0.571. The minimum absolute atomic E-state index is 0.160. The van der Waals surface area contributed by atoms with Crippen LogP contribution in [0.3, 0.4) is 0 Å². The molecule has 0 heterocycles.